The minimum absolute atomic E-state index is 0.110. The molecule has 0 aromatic heterocycles. The van der Waals surface area contributed by atoms with Crippen LogP contribution in [0.3, 0.4) is 0 Å². The molecule has 1 aromatic rings. The van der Waals surface area contributed by atoms with E-state index in [1.54, 1.807) is 0 Å². The highest BCUT2D eigenvalue weighted by Crippen LogP contribution is 2.33. The summed E-state index contributed by atoms with van der Waals surface area (Å²) in [4.78, 5) is 0. The van der Waals surface area contributed by atoms with Crippen LogP contribution < -0.4 is 0 Å². The molecule has 1 N–H and O–H groups in total. The molecule has 0 saturated heterocycles. The predicted octanol–water partition coefficient (Wildman–Crippen LogP) is 4.35. The predicted molar refractivity (Wildman–Crippen MR) is 65.5 cm³/mol. The first kappa shape index (κ1) is 16.9. The highest BCUT2D eigenvalue weighted by atomic mass is 19.3. The Morgan fingerprint density at radius 3 is 2.25 bits per heavy atom. The van der Waals surface area contributed by atoms with Crippen molar-refractivity contribution in [3.05, 3.63) is 35.1 Å². The van der Waals surface area contributed by atoms with Crippen molar-refractivity contribution in [1.82, 2.24) is 0 Å². The van der Waals surface area contributed by atoms with Gasteiger partial charge in [-0.1, -0.05) is 19.9 Å². The van der Waals surface area contributed by atoms with Gasteiger partial charge in [0.25, 0.3) is 0 Å². The number of hydrogen-bond acceptors (Lipinski definition) is 1. The number of benzene rings is 1. The first-order chi connectivity index (χ1) is 9.11. The van der Waals surface area contributed by atoms with Gasteiger partial charge in [0.05, 0.1) is 6.10 Å². The third-order valence-electron chi connectivity index (χ3n) is 2.79. The zero-order chi connectivity index (χ0) is 15.5. The molecule has 20 heavy (non-hydrogen) atoms. The van der Waals surface area contributed by atoms with Crippen molar-refractivity contribution in [2.75, 3.05) is 0 Å². The number of halogens is 5. The van der Waals surface area contributed by atoms with Crippen molar-refractivity contribution in [2.45, 2.75) is 45.1 Å². The SMILES string of the molecule is CC(C)Cc1cc(F)cc(C(O)CC(F)(F)C(F)F)c1. The second-order valence-corrected chi connectivity index (χ2v) is 5.27. The second-order valence-electron chi connectivity index (χ2n) is 5.27. The minimum Gasteiger partial charge on any atom is -0.388 e. The van der Waals surface area contributed by atoms with Crippen LogP contribution in [0.4, 0.5) is 22.0 Å². The van der Waals surface area contributed by atoms with E-state index in [4.69, 9.17) is 0 Å². The van der Waals surface area contributed by atoms with Crippen molar-refractivity contribution in [2.24, 2.45) is 5.92 Å². The lowest BCUT2D eigenvalue weighted by Gasteiger charge is -2.20. The van der Waals surface area contributed by atoms with Crippen molar-refractivity contribution in [1.29, 1.82) is 0 Å². The van der Waals surface area contributed by atoms with Crippen LogP contribution in [-0.2, 0) is 6.42 Å². The van der Waals surface area contributed by atoms with Gasteiger partial charge in [0.1, 0.15) is 5.82 Å². The Bertz CT molecular complexity index is 445. The van der Waals surface area contributed by atoms with E-state index in [1.165, 1.54) is 12.1 Å². The van der Waals surface area contributed by atoms with Crippen LogP contribution in [0.25, 0.3) is 0 Å². The first-order valence-electron chi connectivity index (χ1n) is 6.25. The molecule has 0 aliphatic heterocycles. The lowest BCUT2D eigenvalue weighted by molar-refractivity contribution is -0.149. The topological polar surface area (TPSA) is 20.2 Å². The Hall–Kier alpha value is -1.17. The average Bonchev–Trinajstić information content (AvgIpc) is 2.26. The Labute approximate surface area is 114 Å². The van der Waals surface area contributed by atoms with E-state index in [9.17, 15) is 27.1 Å². The van der Waals surface area contributed by atoms with Gasteiger partial charge >= 0.3 is 12.3 Å². The molecule has 1 unspecified atom stereocenters. The van der Waals surface area contributed by atoms with Crippen LogP contribution in [0.5, 0.6) is 0 Å². The van der Waals surface area contributed by atoms with E-state index in [0.29, 0.717) is 12.0 Å². The van der Waals surface area contributed by atoms with Gasteiger partial charge in [-0.25, -0.2) is 22.0 Å². The van der Waals surface area contributed by atoms with Gasteiger partial charge in [0, 0.05) is 6.42 Å². The lowest BCUT2D eigenvalue weighted by atomic mass is 9.96. The van der Waals surface area contributed by atoms with E-state index >= 15 is 0 Å². The van der Waals surface area contributed by atoms with Crippen molar-refractivity contribution in [3.8, 4) is 0 Å². The Morgan fingerprint density at radius 1 is 1.15 bits per heavy atom. The molecule has 0 bridgehead atoms. The molecule has 0 saturated carbocycles. The monoisotopic (exact) mass is 296 g/mol. The van der Waals surface area contributed by atoms with Crippen LogP contribution in [-0.4, -0.2) is 17.5 Å². The highest BCUT2D eigenvalue weighted by molar-refractivity contribution is 5.27. The fraction of sp³-hybridized carbons (Fsp3) is 0.571. The van der Waals surface area contributed by atoms with E-state index < -0.39 is 30.7 Å². The highest BCUT2D eigenvalue weighted by Gasteiger charge is 2.42. The number of aliphatic hydroxyl groups is 1. The van der Waals surface area contributed by atoms with Gasteiger partial charge in [-0.05, 0) is 35.6 Å². The fourth-order valence-electron chi connectivity index (χ4n) is 1.92. The molecule has 6 heteroatoms. The zero-order valence-corrected chi connectivity index (χ0v) is 11.2. The normalized spacial score (nSPS) is 14.1. The van der Waals surface area contributed by atoms with E-state index in [1.807, 2.05) is 13.8 Å². The third kappa shape index (κ3) is 4.74. The van der Waals surface area contributed by atoms with E-state index in [-0.39, 0.29) is 11.5 Å². The molecule has 1 nitrogen and oxygen atoms in total. The van der Waals surface area contributed by atoms with Crippen molar-refractivity contribution >= 4 is 0 Å². The summed E-state index contributed by atoms with van der Waals surface area (Å²) in [5.74, 6) is -4.77. The van der Waals surface area contributed by atoms with Gasteiger partial charge < -0.3 is 5.11 Å². The molecular weight excluding hydrogens is 279 g/mol. The van der Waals surface area contributed by atoms with Crippen molar-refractivity contribution in [3.63, 3.8) is 0 Å². The maximum Gasteiger partial charge on any atom is 0.310 e. The molecule has 1 rings (SSSR count). The van der Waals surface area contributed by atoms with Crippen LogP contribution >= 0.6 is 0 Å². The molecule has 1 atom stereocenters. The molecule has 0 fully saturated rings. The minimum atomic E-state index is -4.30. The van der Waals surface area contributed by atoms with E-state index in [0.717, 1.165) is 6.07 Å². The summed E-state index contributed by atoms with van der Waals surface area (Å²) >= 11 is 0. The number of alkyl halides is 4. The molecule has 1 aromatic carbocycles. The van der Waals surface area contributed by atoms with Gasteiger partial charge in [-0.15, -0.1) is 0 Å². The summed E-state index contributed by atoms with van der Waals surface area (Å²) < 4.78 is 63.3. The summed E-state index contributed by atoms with van der Waals surface area (Å²) in [5.41, 5.74) is 0.426. The third-order valence-corrected chi connectivity index (χ3v) is 2.79. The summed E-state index contributed by atoms with van der Waals surface area (Å²) in [5, 5.41) is 9.61. The van der Waals surface area contributed by atoms with Crippen LogP contribution in [0.1, 0.15) is 37.5 Å². The second kappa shape index (κ2) is 6.52. The van der Waals surface area contributed by atoms with Crippen molar-refractivity contribution < 1.29 is 27.1 Å². The maximum atomic E-state index is 13.4. The van der Waals surface area contributed by atoms with Crippen LogP contribution in [0.2, 0.25) is 0 Å². The summed E-state index contributed by atoms with van der Waals surface area (Å²) in [7, 11) is 0. The number of aliphatic hydroxyl groups excluding tert-OH is 1. The smallest absolute Gasteiger partial charge is 0.310 e. The largest absolute Gasteiger partial charge is 0.388 e. The summed E-state index contributed by atoms with van der Waals surface area (Å²) in [6, 6.07) is 3.49. The van der Waals surface area contributed by atoms with Gasteiger partial charge in [0.2, 0.25) is 0 Å². The molecule has 0 heterocycles. The molecule has 0 aliphatic rings. The maximum absolute atomic E-state index is 13.4. The Balaban J connectivity index is 2.92. The standard InChI is InChI=1S/C14H17F5O/c1-8(2)3-9-4-10(6-11(15)5-9)12(20)7-14(18,19)13(16)17/h4-6,8,12-13,20H,3,7H2,1-2H3. The van der Waals surface area contributed by atoms with Gasteiger partial charge in [-0.2, -0.15) is 0 Å². The lowest BCUT2D eigenvalue weighted by Crippen LogP contribution is -2.28. The number of rotatable bonds is 6. The van der Waals surface area contributed by atoms with E-state index in [2.05, 4.69) is 0 Å². The van der Waals surface area contributed by atoms with Crippen LogP contribution in [0.15, 0.2) is 18.2 Å². The molecule has 114 valence electrons. The molecule has 0 amide bonds. The fourth-order valence-corrected chi connectivity index (χ4v) is 1.92. The molecular formula is C14H17F5O. The zero-order valence-electron chi connectivity index (χ0n) is 11.2. The average molecular weight is 296 g/mol. The summed E-state index contributed by atoms with van der Waals surface area (Å²) in [6.07, 6.45) is -6.63. The number of hydrogen-bond donors (Lipinski definition) is 1. The summed E-state index contributed by atoms with van der Waals surface area (Å²) in [6.45, 7) is 3.79. The van der Waals surface area contributed by atoms with Gasteiger partial charge in [-0.3, -0.25) is 0 Å². The molecule has 0 radical (unpaired) electrons. The van der Waals surface area contributed by atoms with Gasteiger partial charge in [0.15, 0.2) is 0 Å². The molecule has 0 spiro atoms. The molecule has 0 aliphatic carbocycles. The quantitative estimate of drug-likeness (QED) is 0.774. The Kier molecular flexibility index (Phi) is 5.50. The van der Waals surface area contributed by atoms with Crippen LogP contribution in [0, 0.1) is 11.7 Å². The first-order valence-corrected chi connectivity index (χ1v) is 6.25. The Morgan fingerprint density at radius 2 is 1.75 bits per heavy atom.